The van der Waals surface area contributed by atoms with E-state index < -0.39 is 0 Å². The summed E-state index contributed by atoms with van der Waals surface area (Å²) in [5.41, 5.74) is 0.506. The third kappa shape index (κ3) is 2.78. The van der Waals surface area contributed by atoms with Crippen LogP contribution in [0.2, 0.25) is 0 Å². The van der Waals surface area contributed by atoms with Crippen LogP contribution < -0.4 is 5.32 Å². The highest BCUT2D eigenvalue weighted by Crippen LogP contribution is 2.33. The molecule has 2 aliphatic rings. The molecule has 1 saturated carbocycles. The average Bonchev–Trinajstić information content (AvgIpc) is 2.93. The van der Waals surface area contributed by atoms with Gasteiger partial charge in [-0.2, -0.15) is 0 Å². The second-order valence-electron chi connectivity index (χ2n) is 6.60. The fourth-order valence-corrected chi connectivity index (χ4v) is 3.06. The largest absolute Gasteiger partial charge is 0.313 e. The zero-order valence-electron chi connectivity index (χ0n) is 11.4. The molecule has 2 fully saturated rings. The SMILES string of the molecule is CC(C)N(CCC1NCCC1(C)C)C1CC1. The minimum atomic E-state index is 0.506. The van der Waals surface area contributed by atoms with E-state index in [2.05, 4.69) is 37.9 Å². The molecule has 2 nitrogen and oxygen atoms in total. The van der Waals surface area contributed by atoms with E-state index >= 15 is 0 Å². The smallest absolute Gasteiger partial charge is 0.0131 e. The van der Waals surface area contributed by atoms with Crippen molar-refractivity contribution in [2.75, 3.05) is 13.1 Å². The number of hydrogen-bond donors (Lipinski definition) is 1. The molecule has 94 valence electrons. The fraction of sp³-hybridized carbons (Fsp3) is 1.00. The van der Waals surface area contributed by atoms with Gasteiger partial charge in [0.15, 0.2) is 0 Å². The average molecular weight is 224 g/mol. The van der Waals surface area contributed by atoms with Gasteiger partial charge >= 0.3 is 0 Å². The van der Waals surface area contributed by atoms with Crippen molar-refractivity contribution in [3.63, 3.8) is 0 Å². The van der Waals surface area contributed by atoms with Gasteiger partial charge in [0.05, 0.1) is 0 Å². The molecule has 2 rings (SSSR count). The minimum Gasteiger partial charge on any atom is -0.313 e. The van der Waals surface area contributed by atoms with Crippen LogP contribution in [0.15, 0.2) is 0 Å². The summed E-state index contributed by atoms with van der Waals surface area (Å²) in [4.78, 5) is 2.70. The Morgan fingerprint density at radius 2 is 2.00 bits per heavy atom. The van der Waals surface area contributed by atoms with Crippen LogP contribution in [0.25, 0.3) is 0 Å². The van der Waals surface area contributed by atoms with E-state index in [0.717, 1.165) is 18.1 Å². The predicted octanol–water partition coefficient (Wildman–Crippen LogP) is 2.64. The van der Waals surface area contributed by atoms with Crippen molar-refractivity contribution in [3.05, 3.63) is 0 Å². The van der Waals surface area contributed by atoms with Crippen molar-refractivity contribution < 1.29 is 0 Å². The lowest BCUT2D eigenvalue weighted by Gasteiger charge is -2.31. The lowest BCUT2D eigenvalue weighted by atomic mass is 9.83. The summed E-state index contributed by atoms with van der Waals surface area (Å²) in [7, 11) is 0. The summed E-state index contributed by atoms with van der Waals surface area (Å²) in [5.74, 6) is 0. The summed E-state index contributed by atoms with van der Waals surface area (Å²) in [5, 5.41) is 3.67. The van der Waals surface area contributed by atoms with Gasteiger partial charge in [-0.3, -0.25) is 4.90 Å². The monoisotopic (exact) mass is 224 g/mol. The molecule has 1 N–H and O–H groups in total. The molecule has 0 amide bonds. The summed E-state index contributed by atoms with van der Waals surface area (Å²) in [6.07, 6.45) is 5.52. The molecule has 0 bridgehead atoms. The van der Waals surface area contributed by atoms with Gasteiger partial charge < -0.3 is 5.32 Å². The highest BCUT2D eigenvalue weighted by atomic mass is 15.2. The molecule has 1 aliphatic heterocycles. The summed E-state index contributed by atoms with van der Waals surface area (Å²) in [6.45, 7) is 12.0. The van der Waals surface area contributed by atoms with Crippen molar-refractivity contribution in [1.29, 1.82) is 0 Å². The second-order valence-corrected chi connectivity index (χ2v) is 6.60. The van der Waals surface area contributed by atoms with Crippen molar-refractivity contribution in [3.8, 4) is 0 Å². The standard InChI is InChI=1S/C14H28N2/c1-11(2)16(12-5-6-12)10-7-13-14(3,4)8-9-15-13/h11-13,15H,5-10H2,1-4H3. The molecule has 1 heterocycles. The van der Waals surface area contributed by atoms with Crippen LogP contribution in [0.5, 0.6) is 0 Å². The van der Waals surface area contributed by atoms with E-state index in [0.29, 0.717) is 5.41 Å². The molecule has 1 saturated heterocycles. The van der Waals surface area contributed by atoms with Crippen molar-refractivity contribution >= 4 is 0 Å². The number of nitrogens with one attached hydrogen (secondary N) is 1. The van der Waals surface area contributed by atoms with E-state index in [1.54, 1.807) is 0 Å². The molecular formula is C14H28N2. The first-order valence-corrected chi connectivity index (χ1v) is 7.00. The first kappa shape index (κ1) is 12.4. The normalized spacial score (nSPS) is 29.2. The molecule has 1 unspecified atom stereocenters. The van der Waals surface area contributed by atoms with Crippen molar-refractivity contribution in [2.24, 2.45) is 5.41 Å². The van der Waals surface area contributed by atoms with Gasteiger partial charge in [-0.25, -0.2) is 0 Å². The van der Waals surface area contributed by atoms with E-state index in [9.17, 15) is 0 Å². The first-order valence-electron chi connectivity index (χ1n) is 7.00. The number of hydrogen-bond acceptors (Lipinski definition) is 2. The maximum atomic E-state index is 3.67. The number of rotatable bonds is 5. The molecule has 1 aliphatic carbocycles. The van der Waals surface area contributed by atoms with Gasteiger partial charge in [-0.1, -0.05) is 13.8 Å². The van der Waals surface area contributed by atoms with Gasteiger partial charge in [0.25, 0.3) is 0 Å². The Morgan fingerprint density at radius 1 is 1.31 bits per heavy atom. The summed E-state index contributed by atoms with van der Waals surface area (Å²) >= 11 is 0. The quantitative estimate of drug-likeness (QED) is 0.772. The van der Waals surface area contributed by atoms with Gasteiger partial charge in [-0.15, -0.1) is 0 Å². The van der Waals surface area contributed by atoms with Crippen LogP contribution in [0, 0.1) is 5.41 Å². The van der Waals surface area contributed by atoms with Crippen LogP contribution in [0.3, 0.4) is 0 Å². The van der Waals surface area contributed by atoms with Crippen LogP contribution in [0.4, 0.5) is 0 Å². The lowest BCUT2D eigenvalue weighted by Crippen LogP contribution is -2.40. The maximum Gasteiger partial charge on any atom is 0.0131 e. The molecule has 0 aromatic heterocycles. The Morgan fingerprint density at radius 3 is 2.44 bits per heavy atom. The lowest BCUT2D eigenvalue weighted by molar-refractivity contribution is 0.183. The minimum absolute atomic E-state index is 0.506. The highest BCUT2D eigenvalue weighted by molar-refractivity contribution is 4.93. The molecule has 0 spiro atoms. The third-order valence-electron chi connectivity index (χ3n) is 4.46. The zero-order chi connectivity index (χ0) is 11.8. The van der Waals surface area contributed by atoms with E-state index in [-0.39, 0.29) is 0 Å². The molecule has 1 atom stereocenters. The van der Waals surface area contributed by atoms with Crippen molar-refractivity contribution in [2.45, 2.75) is 71.5 Å². The Labute approximate surface area is 101 Å². The summed E-state index contributed by atoms with van der Waals surface area (Å²) < 4.78 is 0. The van der Waals surface area contributed by atoms with Gasteiger partial charge in [0, 0.05) is 24.7 Å². The molecule has 0 radical (unpaired) electrons. The van der Waals surface area contributed by atoms with Gasteiger partial charge in [0.2, 0.25) is 0 Å². The topological polar surface area (TPSA) is 15.3 Å². The first-order chi connectivity index (χ1) is 7.50. The van der Waals surface area contributed by atoms with E-state index in [1.807, 2.05) is 0 Å². The highest BCUT2D eigenvalue weighted by Gasteiger charge is 2.36. The van der Waals surface area contributed by atoms with Crippen LogP contribution in [0.1, 0.15) is 53.4 Å². The van der Waals surface area contributed by atoms with Gasteiger partial charge in [-0.05, 0) is 51.5 Å². The van der Waals surface area contributed by atoms with Crippen LogP contribution >= 0.6 is 0 Å². The Bertz CT molecular complexity index is 227. The number of nitrogens with zero attached hydrogens (tertiary/aromatic N) is 1. The molecule has 2 heteroatoms. The Hall–Kier alpha value is -0.0800. The van der Waals surface area contributed by atoms with Crippen LogP contribution in [-0.4, -0.2) is 36.1 Å². The zero-order valence-corrected chi connectivity index (χ0v) is 11.4. The summed E-state index contributed by atoms with van der Waals surface area (Å²) in [6, 6.07) is 2.36. The molecule has 0 aromatic carbocycles. The van der Waals surface area contributed by atoms with Crippen molar-refractivity contribution in [1.82, 2.24) is 10.2 Å². The molecular weight excluding hydrogens is 196 g/mol. The van der Waals surface area contributed by atoms with Crippen LogP contribution in [-0.2, 0) is 0 Å². The third-order valence-corrected chi connectivity index (χ3v) is 4.46. The van der Waals surface area contributed by atoms with E-state index in [4.69, 9.17) is 0 Å². The molecule has 16 heavy (non-hydrogen) atoms. The predicted molar refractivity (Wildman–Crippen MR) is 69.7 cm³/mol. The second kappa shape index (κ2) is 4.66. The Kier molecular flexibility index (Phi) is 3.60. The Balaban J connectivity index is 1.81. The van der Waals surface area contributed by atoms with E-state index in [1.165, 1.54) is 38.8 Å². The maximum absolute atomic E-state index is 3.67. The van der Waals surface area contributed by atoms with Gasteiger partial charge in [0.1, 0.15) is 0 Å². The fourth-order valence-electron chi connectivity index (χ4n) is 3.06. The molecule has 0 aromatic rings.